The van der Waals surface area contributed by atoms with Crippen LogP contribution in [-0.2, 0) is 12.4 Å². The molecule has 0 saturated heterocycles. The summed E-state index contributed by atoms with van der Waals surface area (Å²) >= 11 is 6.18. The summed E-state index contributed by atoms with van der Waals surface area (Å²) in [6, 6.07) is 16.1. The van der Waals surface area contributed by atoms with Crippen LogP contribution in [0.25, 0.3) is 16.9 Å². The molecule has 1 N–H and O–H groups in total. The molecule has 0 spiro atoms. The predicted octanol–water partition coefficient (Wildman–Crippen LogP) is 8.85. The lowest BCUT2D eigenvalue weighted by atomic mass is 9.99. The third-order valence-corrected chi connectivity index (χ3v) is 6.11. The molecular weight excluding hydrogens is 532 g/mol. The summed E-state index contributed by atoms with van der Waals surface area (Å²) in [5.74, 6) is -0.958. The van der Waals surface area contributed by atoms with E-state index in [4.69, 9.17) is 11.6 Å². The zero-order valence-corrected chi connectivity index (χ0v) is 20.7. The molecule has 4 nitrogen and oxygen atoms in total. The molecule has 0 atom stereocenters. The normalized spacial score (nSPS) is 12.2. The molecule has 0 unspecified atom stereocenters. The molecule has 1 amide bonds. The molecule has 3 aromatic carbocycles. The van der Waals surface area contributed by atoms with Crippen LogP contribution in [0.4, 0.5) is 32.0 Å². The summed E-state index contributed by atoms with van der Waals surface area (Å²) in [5.41, 5.74) is -1.49. The number of carbonyl (C=O) groups is 1. The van der Waals surface area contributed by atoms with Crippen molar-refractivity contribution in [3.63, 3.8) is 0 Å². The van der Waals surface area contributed by atoms with E-state index in [0.29, 0.717) is 5.56 Å². The molecule has 0 aliphatic heterocycles. The zero-order valence-electron chi connectivity index (χ0n) is 20.0. The van der Waals surface area contributed by atoms with Gasteiger partial charge in [0, 0.05) is 12.6 Å². The summed E-state index contributed by atoms with van der Waals surface area (Å²) in [5, 5.41) is 6.13. The molecule has 0 radical (unpaired) electrons. The van der Waals surface area contributed by atoms with Gasteiger partial charge in [-0.05, 0) is 53.9 Å². The monoisotopic (exact) mass is 553 g/mol. The molecule has 4 aromatic rings. The smallest absolute Gasteiger partial charge is 0.321 e. The molecule has 38 heavy (non-hydrogen) atoms. The first-order valence-electron chi connectivity index (χ1n) is 11.3. The average molecular weight is 554 g/mol. The summed E-state index contributed by atoms with van der Waals surface area (Å²) in [6.07, 6.45) is -9.41. The van der Waals surface area contributed by atoms with Gasteiger partial charge in [-0.1, -0.05) is 55.8 Å². The van der Waals surface area contributed by atoms with E-state index in [1.54, 1.807) is 26.0 Å². The van der Waals surface area contributed by atoms with Crippen molar-refractivity contribution in [3.05, 3.63) is 100 Å². The fraction of sp³-hybridized carbons (Fsp3) is 0.185. The topological polar surface area (TPSA) is 46.9 Å². The van der Waals surface area contributed by atoms with E-state index in [0.717, 1.165) is 16.8 Å². The molecule has 0 aliphatic rings. The summed E-state index contributed by atoms with van der Waals surface area (Å²) in [4.78, 5) is 12.8. The number of anilines is 1. The second kappa shape index (κ2) is 10.2. The Morgan fingerprint density at radius 2 is 1.58 bits per heavy atom. The van der Waals surface area contributed by atoms with Crippen molar-refractivity contribution >= 4 is 23.2 Å². The van der Waals surface area contributed by atoms with Crippen molar-refractivity contribution < 1.29 is 32.6 Å². The van der Waals surface area contributed by atoms with E-state index in [1.165, 1.54) is 48.5 Å². The maximum atomic E-state index is 13.6. The van der Waals surface area contributed by atoms with Crippen LogP contribution in [0.3, 0.4) is 0 Å². The van der Waals surface area contributed by atoms with Gasteiger partial charge in [0.2, 0.25) is 0 Å². The highest BCUT2D eigenvalue weighted by Crippen LogP contribution is 2.37. The molecule has 1 heterocycles. The first-order valence-corrected chi connectivity index (χ1v) is 11.7. The van der Waals surface area contributed by atoms with Crippen LogP contribution in [0.5, 0.6) is 0 Å². The Kier molecular flexibility index (Phi) is 7.29. The molecule has 1 aromatic heterocycles. The quantitative estimate of drug-likeness (QED) is 0.251. The number of hydrogen-bond acceptors (Lipinski definition) is 2. The van der Waals surface area contributed by atoms with Crippen LogP contribution >= 0.6 is 11.6 Å². The third-order valence-electron chi connectivity index (χ3n) is 5.79. The highest BCUT2D eigenvalue weighted by atomic mass is 35.5. The summed E-state index contributed by atoms with van der Waals surface area (Å²) in [6.45, 7) is 3.51. The molecule has 0 fully saturated rings. The SMILES string of the molecule is CC(C)c1ccc(NC(=O)c2ccc(-c3cc(C(F)(F)F)nn3-c3ccccc3Cl)cc2)c(C(F)(F)F)c1.[HH]. The van der Waals surface area contributed by atoms with Crippen LogP contribution in [0.1, 0.15) is 48.4 Å². The Labute approximate surface area is 220 Å². The number of nitrogens with zero attached hydrogens (tertiary/aromatic N) is 2. The van der Waals surface area contributed by atoms with E-state index >= 15 is 0 Å². The van der Waals surface area contributed by atoms with Crippen LogP contribution in [0.2, 0.25) is 5.02 Å². The van der Waals surface area contributed by atoms with Gasteiger partial charge in [-0.3, -0.25) is 4.79 Å². The maximum absolute atomic E-state index is 13.6. The molecule has 4 rings (SSSR count). The second-order valence-electron chi connectivity index (χ2n) is 8.76. The minimum atomic E-state index is -4.72. The van der Waals surface area contributed by atoms with Crippen molar-refractivity contribution in [2.24, 2.45) is 0 Å². The van der Waals surface area contributed by atoms with Gasteiger partial charge in [-0.15, -0.1) is 0 Å². The number of halogens is 7. The minimum absolute atomic E-state index is 0. The van der Waals surface area contributed by atoms with E-state index < -0.39 is 35.2 Å². The van der Waals surface area contributed by atoms with Gasteiger partial charge in [-0.2, -0.15) is 31.4 Å². The Morgan fingerprint density at radius 3 is 2.16 bits per heavy atom. The summed E-state index contributed by atoms with van der Waals surface area (Å²) < 4.78 is 82.2. The van der Waals surface area contributed by atoms with Crippen LogP contribution in [-0.4, -0.2) is 15.7 Å². The van der Waals surface area contributed by atoms with Crippen molar-refractivity contribution in [2.45, 2.75) is 32.1 Å². The predicted molar refractivity (Wildman–Crippen MR) is 135 cm³/mol. The van der Waals surface area contributed by atoms with Gasteiger partial charge < -0.3 is 5.32 Å². The van der Waals surface area contributed by atoms with Crippen LogP contribution in [0, 0.1) is 0 Å². The molecule has 11 heteroatoms. The fourth-order valence-electron chi connectivity index (χ4n) is 3.78. The summed E-state index contributed by atoms with van der Waals surface area (Å²) in [7, 11) is 0. The lowest BCUT2D eigenvalue weighted by molar-refractivity contribution is -0.141. The Morgan fingerprint density at radius 1 is 0.921 bits per heavy atom. The number of hydrogen-bond donors (Lipinski definition) is 1. The standard InChI is InChI=1S/C27H20ClF6N3O.H2/c1-15(2)18-11-12-21(19(13-18)26(29,30)31)35-25(38)17-9-7-16(8-10-17)23-14-24(27(32,33)34)36-37(23)22-6-4-3-5-20(22)28;/h3-15H,1-2H3,(H,35,38);1H. The van der Waals surface area contributed by atoms with E-state index in [-0.39, 0.29) is 34.9 Å². The number of alkyl halides is 6. The maximum Gasteiger partial charge on any atom is 0.435 e. The molecule has 200 valence electrons. The van der Waals surface area contributed by atoms with Gasteiger partial charge in [0.15, 0.2) is 5.69 Å². The minimum Gasteiger partial charge on any atom is -0.321 e. The van der Waals surface area contributed by atoms with Crippen LogP contribution < -0.4 is 5.32 Å². The number of para-hydroxylation sites is 1. The number of benzene rings is 3. The van der Waals surface area contributed by atoms with Crippen molar-refractivity contribution in [2.75, 3.05) is 5.32 Å². The number of amides is 1. The first-order chi connectivity index (χ1) is 17.8. The number of carbonyl (C=O) groups excluding carboxylic acids is 1. The fourth-order valence-corrected chi connectivity index (χ4v) is 4.00. The lowest BCUT2D eigenvalue weighted by Crippen LogP contribution is -2.17. The van der Waals surface area contributed by atoms with E-state index in [2.05, 4.69) is 10.4 Å². The zero-order chi connectivity index (χ0) is 27.8. The average Bonchev–Trinajstić information content (AvgIpc) is 3.30. The van der Waals surface area contributed by atoms with E-state index in [1.807, 2.05) is 0 Å². The van der Waals surface area contributed by atoms with Gasteiger partial charge in [0.05, 0.1) is 27.7 Å². The largest absolute Gasteiger partial charge is 0.435 e. The van der Waals surface area contributed by atoms with Gasteiger partial charge in [0.1, 0.15) is 0 Å². The highest BCUT2D eigenvalue weighted by molar-refractivity contribution is 6.32. The van der Waals surface area contributed by atoms with Crippen molar-refractivity contribution in [1.29, 1.82) is 0 Å². The third kappa shape index (κ3) is 5.70. The lowest BCUT2D eigenvalue weighted by Gasteiger charge is -2.17. The number of aromatic nitrogens is 2. The highest BCUT2D eigenvalue weighted by Gasteiger charge is 2.36. The van der Waals surface area contributed by atoms with Crippen molar-refractivity contribution in [1.82, 2.24) is 9.78 Å². The molecular formula is C27H22ClF6N3O. The van der Waals surface area contributed by atoms with Gasteiger partial charge >= 0.3 is 12.4 Å². The Bertz CT molecular complexity index is 1480. The molecule has 0 bridgehead atoms. The number of rotatable bonds is 5. The Hall–Kier alpha value is -3.79. The van der Waals surface area contributed by atoms with E-state index in [9.17, 15) is 31.1 Å². The van der Waals surface area contributed by atoms with Gasteiger partial charge in [0.25, 0.3) is 5.91 Å². The van der Waals surface area contributed by atoms with Crippen LogP contribution in [0.15, 0.2) is 72.8 Å². The molecule has 0 saturated carbocycles. The number of nitrogens with one attached hydrogen (secondary N) is 1. The second-order valence-corrected chi connectivity index (χ2v) is 9.17. The van der Waals surface area contributed by atoms with Crippen molar-refractivity contribution in [3.8, 4) is 16.9 Å². The van der Waals surface area contributed by atoms with Gasteiger partial charge in [-0.25, -0.2) is 4.68 Å². The first kappa shape index (κ1) is 27.3. The Balaban J connectivity index is 0.00000420. The molecule has 0 aliphatic carbocycles.